The molecule has 0 atom stereocenters. The van der Waals surface area contributed by atoms with E-state index in [2.05, 4.69) is 243 Å². The summed E-state index contributed by atoms with van der Waals surface area (Å²) in [4.78, 5) is 2.45. The van der Waals surface area contributed by atoms with Gasteiger partial charge in [-0.2, -0.15) is 0 Å². The van der Waals surface area contributed by atoms with Crippen LogP contribution in [0.5, 0.6) is 0 Å². The number of furan rings is 1. The van der Waals surface area contributed by atoms with Crippen LogP contribution in [0, 0.1) is 0 Å². The van der Waals surface area contributed by atoms with Gasteiger partial charge in [-0.05, 0) is 114 Å². The minimum Gasteiger partial charge on any atom is -0.455 e. The van der Waals surface area contributed by atoms with Crippen molar-refractivity contribution in [1.29, 1.82) is 0 Å². The molecule has 11 aromatic carbocycles. The van der Waals surface area contributed by atoms with Crippen LogP contribution in [-0.2, 0) is 5.41 Å². The molecule has 0 saturated carbocycles. The molecule has 0 radical (unpaired) electrons. The van der Waals surface area contributed by atoms with Crippen LogP contribution in [0.25, 0.3) is 98.8 Å². The molecule has 0 bridgehead atoms. The second-order valence-electron chi connectivity index (χ2n) is 18.0. The molecule has 0 aliphatic heterocycles. The first-order valence-electron chi connectivity index (χ1n) is 22.6. The second kappa shape index (κ2) is 14.4. The van der Waals surface area contributed by atoms with Crippen LogP contribution in [0.4, 0.5) is 17.1 Å². The van der Waals surface area contributed by atoms with Gasteiger partial charge in [-0.3, -0.25) is 0 Å². The summed E-state index contributed by atoms with van der Waals surface area (Å²) >= 11 is 0. The summed E-state index contributed by atoms with van der Waals surface area (Å²) in [7, 11) is 0. The molecule has 0 amide bonds. The van der Waals surface area contributed by atoms with Crippen LogP contribution in [-0.4, -0.2) is 0 Å². The summed E-state index contributed by atoms with van der Waals surface area (Å²) in [5.74, 6) is 0. The van der Waals surface area contributed by atoms with E-state index in [0.717, 1.165) is 71.8 Å². The number of benzene rings is 11. The normalized spacial score (nSPS) is 12.9. The van der Waals surface area contributed by atoms with E-state index in [1.807, 2.05) is 0 Å². The molecule has 0 fully saturated rings. The van der Waals surface area contributed by atoms with Gasteiger partial charge in [0.1, 0.15) is 11.2 Å². The summed E-state index contributed by atoms with van der Waals surface area (Å²) in [6.45, 7) is 4.72. The summed E-state index contributed by atoms with van der Waals surface area (Å²) in [5.41, 5.74) is 17.3. The Morgan fingerprint density at radius 3 is 1.60 bits per heavy atom. The van der Waals surface area contributed by atoms with Crippen molar-refractivity contribution in [3.63, 3.8) is 0 Å². The van der Waals surface area contributed by atoms with Gasteiger partial charge in [0.05, 0.1) is 5.69 Å². The number of rotatable bonds is 6. The van der Waals surface area contributed by atoms with E-state index < -0.39 is 0 Å². The predicted molar refractivity (Wildman–Crippen MR) is 275 cm³/mol. The smallest absolute Gasteiger partial charge is 0.143 e. The van der Waals surface area contributed by atoms with Crippen molar-refractivity contribution in [2.24, 2.45) is 0 Å². The zero-order valence-corrected chi connectivity index (χ0v) is 36.2. The summed E-state index contributed by atoms with van der Waals surface area (Å²) in [6, 6.07) is 82.1. The average molecular weight is 830 g/mol. The summed E-state index contributed by atoms with van der Waals surface area (Å²) in [5, 5.41) is 9.34. The predicted octanol–water partition coefficient (Wildman–Crippen LogP) is 17.8. The fourth-order valence-electron chi connectivity index (χ4n) is 10.9. The molecular weight excluding hydrogens is 787 g/mol. The van der Waals surface area contributed by atoms with Gasteiger partial charge in [0.25, 0.3) is 0 Å². The molecule has 65 heavy (non-hydrogen) atoms. The minimum atomic E-state index is -0.144. The number of nitrogens with zero attached hydrogens (tertiary/aromatic N) is 1. The first-order chi connectivity index (χ1) is 32.0. The largest absolute Gasteiger partial charge is 0.455 e. The highest BCUT2D eigenvalue weighted by molar-refractivity contribution is 6.31. The monoisotopic (exact) mass is 829 g/mol. The fourth-order valence-corrected chi connectivity index (χ4v) is 10.9. The van der Waals surface area contributed by atoms with Crippen LogP contribution in [0.2, 0.25) is 0 Å². The van der Waals surface area contributed by atoms with E-state index in [4.69, 9.17) is 4.42 Å². The Labute approximate surface area is 378 Å². The average Bonchev–Trinajstić information content (AvgIpc) is 3.87. The van der Waals surface area contributed by atoms with Gasteiger partial charge in [-0.25, -0.2) is 0 Å². The van der Waals surface area contributed by atoms with E-state index in [-0.39, 0.29) is 5.41 Å². The van der Waals surface area contributed by atoms with Crippen LogP contribution in [0.1, 0.15) is 25.0 Å². The van der Waals surface area contributed by atoms with E-state index in [0.29, 0.717) is 0 Å². The zero-order chi connectivity index (χ0) is 43.2. The molecule has 0 N–H and O–H groups in total. The molecule has 0 spiro atoms. The highest BCUT2D eigenvalue weighted by Crippen LogP contribution is 2.52. The lowest BCUT2D eigenvalue weighted by Crippen LogP contribution is -2.16. The SMILES string of the molecule is CC1(C)c2ccccc2-c2ccc(N(c3ccc(-c4ccccc4)cc3)c3ccc(-c4cc(-c5ccccc5)cc5c4oc4c6ccccc6c6ccccc6c54)c4ccccc34)cc21. The van der Waals surface area contributed by atoms with Crippen LogP contribution in [0.15, 0.2) is 229 Å². The van der Waals surface area contributed by atoms with Crippen LogP contribution in [0.3, 0.4) is 0 Å². The Balaban J connectivity index is 1.06. The van der Waals surface area contributed by atoms with Gasteiger partial charge in [0.2, 0.25) is 0 Å². The van der Waals surface area contributed by atoms with Crippen LogP contribution < -0.4 is 4.90 Å². The van der Waals surface area contributed by atoms with E-state index >= 15 is 0 Å². The first-order valence-corrected chi connectivity index (χ1v) is 22.6. The molecule has 1 aromatic heterocycles. The van der Waals surface area contributed by atoms with Crippen molar-refractivity contribution in [2.45, 2.75) is 19.3 Å². The van der Waals surface area contributed by atoms with Gasteiger partial charge >= 0.3 is 0 Å². The van der Waals surface area contributed by atoms with E-state index in [1.54, 1.807) is 0 Å². The fraction of sp³-hybridized carbons (Fsp3) is 0.0476. The molecule has 306 valence electrons. The molecule has 2 heteroatoms. The van der Waals surface area contributed by atoms with Gasteiger partial charge in [0, 0.05) is 43.9 Å². The quantitative estimate of drug-likeness (QED) is 0.155. The summed E-state index contributed by atoms with van der Waals surface area (Å²) < 4.78 is 7.24. The third kappa shape index (κ3) is 5.74. The maximum atomic E-state index is 7.24. The Hall–Kier alpha value is -8.20. The van der Waals surface area contributed by atoms with Crippen molar-refractivity contribution in [3.8, 4) is 44.5 Å². The third-order valence-electron chi connectivity index (χ3n) is 14.0. The lowest BCUT2D eigenvalue weighted by atomic mass is 9.82. The van der Waals surface area contributed by atoms with Crippen molar-refractivity contribution < 1.29 is 4.42 Å². The maximum absolute atomic E-state index is 7.24. The van der Waals surface area contributed by atoms with Gasteiger partial charge < -0.3 is 9.32 Å². The molecule has 2 nitrogen and oxygen atoms in total. The highest BCUT2D eigenvalue weighted by atomic mass is 16.3. The van der Waals surface area contributed by atoms with Gasteiger partial charge in [-0.1, -0.05) is 196 Å². The molecule has 12 aromatic rings. The van der Waals surface area contributed by atoms with Crippen LogP contribution >= 0.6 is 0 Å². The molecule has 13 rings (SSSR count). The zero-order valence-electron chi connectivity index (χ0n) is 36.2. The maximum Gasteiger partial charge on any atom is 0.143 e. The Bertz CT molecular complexity index is 3840. The van der Waals surface area contributed by atoms with Crippen molar-refractivity contribution in [1.82, 2.24) is 0 Å². The number of hydrogen-bond acceptors (Lipinski definition) is 2. The Morgan fingerprint density at radius 2 is 0.862 bits per heavy atom. The van der Waals surface area contributed by atoms with Gasteiger partial charge in [-0.15, -0.1) is 0 Å². The van der Waals surface area contributed by atoms with Crippen molar-refractivity contribution >= 4 is 71.3 Å². The molecular formula is C63H43NO. The van der Waals surface area contributed by atoms with Crippen molar-refractivity contribution in [2.75, 3.05) is 4.90 Å². The van der Waals surface area contributed by atoms with Crippen molar-refractivity contribution in [3.05, 3.63) is 236 Å². The molecule has 0 unspecified atom stereocenters. The number of hydrogen-bond donors (Lipinski definition) is 0. The van der Waals surface area contributed by atoms with Gasteiger partial charge in [0.15, 0.2) is 0 Å². The Morgan fingerprint density at radius 1 is 0.323 bits per heavy atom. The van der Waals surface area contributed by atoms with E-state index in [9.17, 15) is 0 Å². The molecule has 1 aliphatic carbocycles. The second-order valence-corrected chi connectivity index (χ2v) is 18.0. The standard InChI is InChI=1S/C63H43NO/c1-63(2)57-28-16-15-24-50(57)51-34-33-45(39-58(51)63)64(44-31-29-42(30-32-44)40-17-5-3-6-18-40)59-36-35-49(46-21-9-12-25-52(46)59)55-37-43(41-19-7-4-8-20-41)38-56-60-53-26-13-10-22-47(53)48-23-11-14-27-54(48)62(60)65-61(55)56/h3-39H,1-2H3. The molecule has 1 aliphatic rings. The Kier molecular flexibility index (Phi) is 8.29. The third-order valence-corrected chi connectivity index (χ3v) is 14.0. The number of fused-ring (bicyclic) bond motifs is 12. The lowest BCUT2D eigenvalue weighted by molar-refractivity contribution is 0.660. The lowest BCUT2D eigenvalue weighted by Gasteiger charge is -2.29. The molecule has 1 heterocycles. The van der Waals surface area contributed by atoms with E-state index in [1.165, 1.54) is 55.1 Å². The molecule has 0 saturated heterocycles. The number of anilines is 3. The minimum absolute atomic E-state index is 0.144. The summed E-state index contributed by atoms with van der Waals surface area (Å²) in [6.07, 6.45) is 0. The highest BCUT2D eigenvalue weighted by Gasteiger charge is 2.36. The topological polar surface area (TPSA) is 16.4 Å². The first kappa shape index (κ1) is 37.4.